The molecule has 5 nitrogen and oxygen atoms in total. The van der Waals surface area contributed by atoms with E-state index in [0.29, 0.717) is 22.9 Å². The number of aryl methyl sites for hydroxylation is 1. The first kappa shape index (κ1) is 20.2. The number of anilines is 2. The lowest BCUT2D eigenvalue weighted by atomic mass is 9.95. The first-order valence-electron chi connectivity index (χ1n) is 9.90. The molecule has 4 rings (SSSR count). The van der Waals surface area contributed by atoms with E-state index >= 15 is 0 Å². The van der Waals surface area contributed by atoms with Crippen molar-refractivity contribution in [3.05, 3.63) is 77.9 Å². The summed E-state index contributed by atoms with van der Waals surface area (Å²) in [4.78, 5) is 13.0. The van der Waals surface area contributed by atoms with E-state index in [4.69, 9.17) is 0 Å². The summed E-state index contributed by atoms with van der Waals surface area (Å²) in [5, 5.41) is 2.81. The molecule has 1 N–H and O–H groups in total. The number of benzene rings is 3. The Bertz CT molecular complexity index is 1230. The van der Waals surface area contributed by atoms with Gasteiger partial charge in [0.1, 0.15) is 6.54 Å². The first-order chi connectivity index (χ1) is 14.3. The number of nitrogens with zero attached hydrogens (tertiary/aromatic N) is 1. The molecule has 3 aromatic rings. The number of hydrogen-bond acceptors (Lipinski definition) is 3. The lowest BCUT2D eigenvalue weighted by Gasteiger charge is -2.32. The maximum absolute atomic E-state index is 13.4. The second-order valence-corrected chi connectivity index (χ2v) is 9.69. The molecule has 3 aromatic carbocycles. The second kappa shape index (κ2) is 7.61. The van der Waals surface area contributed by atoms with Gasteiger partial charge < -0.3 is 5.32 Å². The van der Waals surface area contributed by atoms with Crippen LogP contribution in [0.25, 0.3) is 11.1 Å². The average Bonchev–Trinajstić information content (AvgIpc) is 2.71. The molecule has 6 heteroatoms. The van der Waals surface area contributed by atoms with E-state index in [1.54, 1.807) is 24.3 Å². The molecule has 0 atom stereocenters. The summed E-state index contributed by atoms with van der Waals surface area (Å²) in [5.41, 5.74) is 4.80. The van der Waals surface area contributed by atoms with Crippen LogP contribution in [0.5, 0.6) is 0 Å². The fourth-order valence-corrected chi connectivity index (χ4v) is 5.38. The summed E-state index contributed by atoms with van der Waals surface area (Å²) < 4.78 is 28.0. The largest absolute Gasteiger partial charge is 0.325 e. The van der Waals surface area contributed by atoms with E-state index < -0.39 is 10.0 Å². The maximum atomic E-state index is 13.4. The van der Waals surface area contributed by atoms with Crippen molar-refractivity contribution in [3.8, 4) is 11.1 Å². The molecule has 1 aliphatic heterocycles. The van der Waals surface area contributed by atoms with Crippen LogP contribution in [-0.4, -0.2) is 20.9 Å². The molecule has 154 valence electrons. The van der Waals surface area contributed by atoms with Crippen LogP contribution in [0.2, 0.25) is 0 Å². The Morgan fingerprint density at radius 3 is 2.47 bits per heavy atom. The van der Waals surface area contributed by atoms with Crippen molar-refractivity contribution < 1.29 is 13.2 Å². The van der Waals surface area contributed by atoms with Gasteiger partial charge >= 0.3 is 0 Å². The third-order valence-corrected chi connectivity index (χ3v) is 7.11. The fourth-order valence-electron chi connectivity index (χ4n) is 3.73. The number of hydrogen-bond donors (Lipinski definition) is 1. The van der Waals surface area contributed by atoms with Crippen LogP contribution in [0.4, 0.5) is 11.4 Å². The van der Waals surface area contributed by atoms with Crippen molar-refractivity contribution in [1.82, 2.24) is 0 Å². The maximum Gasteiger partial charge on any atom is 0.265 e. The highest BCUT2D eigenvalue weighted by Gasteiger charge is 2.36. The van der Waals surface area contributed by atoms with Gasteiger partial charge in [-0.05, 0) is 54.3 Å². The minimum Gasteiger partial charge on any atom is -0.325 e. The molecule has 0 bridgehead atoms. The molecule has 0 saturated heterocycles. The summed E-state index contributed by atoms with van der Waals surface area (Å²) in [7, 11) is -3.85. The highest BCUT2D eigenvalue weighted by atomic mass is 32.2. The van der Waals surface area contributed by atoms with Gasteiger partial charge in [-0.15, -0.1) is 0 Å². The van der Waals surface area contributed by atoms with Crippen LogP contribution in [0.15, 0.2) is 71.6 Å². The number of rotatable bonds is 4. The number of carbonyl (C=O) groups is 1. The third-order valence-electron chi connectivity index (χ3n) is 5.29. The summed E-state index contributed by atoms with van der Waals surface area (Å²) >= 11 is 0. The lowest BCUT2D eigenvalue weighted by molar-refractivity contribution is -0.114. The topological polar surface area (TPSA) is 66.5 Å². The summed E-state index contributed by atoms with van der Waals surface area (Å²) in [6.07, 6.45) is 0. The van der Waals surface area contributed by atoms with Gasteiger partial charge in [-0.25, -0.2) is 8.42 Å². The van der Waals surface area contributed by atoms with Gasteiger partial charge in [0.2, 0.25) is 5.91 Å². The third kappa shape index (κ3) is 3.59. The Balaban J connectivity index is 1.76. The van der Waals surface area contributed by atoms with E-state index in [-0.39, 0.29) is 17.3 Å². The molecule has 0 aromatic heterocycles. The predicted molar refractivity (Wildman–Crippen MR) is 120 cm³/mol. The molecule has 0 aliphatic carbocycles. The molecule has 1 aliphatic rings. The van der Waals surface area contributed by atoms with E-state index in [9.17, 15) is 13.2 Å². The van der Waals surface area contributed by atoms with E-state index in [1.165, 1.54) is 4.31 Å². The number of carbonyl (C=O) groups excluding carboxylic acids is 1. The summed E-state index contributed by atoms with van der Waals surface area (Å²) in [6, 6.07) is 20.1. The molecule has 1 amide bonds. The number of sulfonamides is 1. The lowest BCUT2D eigenvalue weighted by Crippen LogP contribution is -2.40. The monoisotopic (exact) mass is 420 g/mol. The zero-order valence-electron chi connectivity index (χ0n) is 17.2. The van der Waals surface area contributed by atoms with Gasteiger partial charge in [0.15, 0.2) is 0 Å². The highest BCUT2D eigenvalue weighted by molar-refractivity contribution is 7.93. The molecule has 0 fully saturated rings. The highest BCUT2D eigenvalue weighted by Crippen LogP contribution is 2.43. The van der Waals surface area contributed by atoms with Gasteiger partial charge in [-0.3, -0.25) is 9.10 Å². The number of nitrogens with one attached hydrogen (secondary N) is 1. The SMILES string of the molecule is Cc1cccc(NC(=O)CN2c3ccc(C(C)C)cc3-c3ccccc3S2(=O)=O)c1. The quantitative estimate of drug-likeness (QED) is 0.651. The molecule has 30 heavy (non-hydrogen) atoms. The van der Waals surface area contributed by atoms with Crippen LogP contribution >= 0.6 is 0 Å². The van der Waals surface area contributed by atoms with E-state index in [1.807, 2.05) is 49.4 Å². The second-order valence-electron chi connectivity index (χ2n) is 7.86. The van der Waals surface area contributed by atoms with Crippen molar-refractivity contribution in [1.29, 1.82) is 0 Å². The van der Waals surface area contributed by atoms with Gasteiger partial charge in [-0.1, -0.05) is 50.2 Å². The predicted octanol–water partition coefficient (Wildman–Crippen LogP) is 4.93. The Hall–Kier alpha value is -3.12. The zero-order chi connectivity index (χ0) is 21.5. The van der Waals surface area contributed by atoms with Gasteiger partial charge in [-0.2, -0.15) is 0 Å². The Labute approximate surface area is 177 Å². The smallest absolute Gasteiger partial charge is 0.265 e. The van der Waals surface area contributed by atoms with Crippen molar-refractivity contribution in [3.63, 3.8) is 0 Å². The number of amides is 1. The molecule has 0 unspecified atom stereocenters. The Morgan fingerprint density at radius 1 is 0.967 bits per heavy atom. The minimum absolute atomic E-state index is 0.224. The Kier molecular flexibility index (Phi) is 5.12. The van der Waals surface area contributed by atoms with Crippen LogP contribution < -0.4 is 9.62 Å². The van der Waals surface area contributed by atoms with Crippen LogP contribution in [-0.2, 0) is 14.8 Å². The molecule has 0 spiro atoms. The van der Waals surface area contributed by atoms with Crippen molar-refractivity contribution in [2.75, 3.05) is 16.2 Å². The normalized spacial score (nSPS) is 14.2. The van der Waals surface area contributed by atoms with Crippen LogP contribution in [0.3, 0.4) is 0 Å². The minimum atomic E-state index is -3.85. The van der Waals surface area contributed by atoms with Crippen LogP contribution in [0, 0.1) is 6.92 Å². The first-order valence-corrected chi connectivity index (χ1v) is 11.3. The van der Waals surface area contributed by atoms with Crippen LogP contribution in [0.1, 0.15) is 30.9 Å². The van der Waals surface area contributed by atoms with Gasteiger partial charge in [0.25, 0.3) is 10.0 Å². The summed E-state index contributed by atoms with van der Waals surface area (Å²) in [6.45, 7) is 5.84. The molecular weight excluding hydrogens is 396 g/mol. The average molecular weight is 421 g/mol. The standard InChI is InChI=1S/C24H24N2O3S/c1-16(2)18-11-12-22-21(14-18)20-9-4-5-10-23(20)30(28,29)26(22)15-24(27)25-19-8-6-7-17(3)13-19/h4-14,16H,15H2,1-3H3,(H,25,27). The van der Waals surface area contributed by atoms with Crippen molar-refractivity contribution in [2.45, 2.75) is 31.6 Å². The number of fused-ring (bicyclic) bond motifs is 3. The molecule has 1 heterocycles. The zero-order valence-corrected chi connectivity index (χ0v) is 18.0. The van der Waals surface area contributed by atoms with Gasteiger partial charge in [0, 0.05) is 16.8 Å². The molecular formula is C24H24N2O3S. The van der Waals surface area contributed by atoms with Crippen molar-refractivity contribution in [2.24, 2.45) is 0 Å². The fraction of sp³-hybridized carbons (Fsp3) is 0.208. The van der Waals surface area contributed by atoms with E-state index in [0.717, 1.165) is 16.7 Å². The van der Waals surface area contributed by atoms with Gasteiger partial charge in [0.05, 0.1) is 10.6 Å². The van der Waals surface area contributed by atoms with E-state index in [2.05, 4.69) is 19.2 Å². The summed E-state index contributed by atoms with van der Waals surface area (Å²) in [5.74, 6) is -0.0819. The van der Waals surface area contributed by atoms with Crippen molar-refractivity contribution >= 4 is 27.3 Å². The molecule has 0 saturated carbocycles. The molecule has 0 radical (unpaired) electrons. The Morgan fingerprint density at radius 2 is 1.73 bits per heavy atom.